The number of benzene rings is 1. The molecule has 1 aromatic carbocycles. The van der Waals surface area contributed by atoms with Gasteiger partial charge in [-0.15, -0.1) is 0 Å². The summed E-state index contributed by atoms with van der Waals surface area (Å²) in [7, 11) is 0. The Bertz CT molecular complexity index is 398. The van der Waals surface area contributed by atoms with Gasteiger partial charge in [0, 0.05) is 6.54 Å². The van der Waals surface area contributed by atoms with Crippen molar-refractivity contribution in [1.82, 2.24) is 5.32 Å². The van der Waals surface area contributed by atoms with Gasteiger partial charge in [0.05, 0.1) is 12.2 Å². The summed E-state index contributed by atoms with van der Waals surface area (Å²) in [6.45, 7) is 5.84. The molecule has 1 aromatic rings. The Morgan fingerprint density at radius 3 is 2.63 bits per heavy atom. The van der Waals surface area contributed by atoms with E-state index in [1.165, 1.54) is 0 Å². The topological polar surface area (TPSA) is 38.3 Å². The molecule has 0 unspecified atom stereocenters. The van der Waals surface area contributed by atoms with E-state index < -0.39 is 0 Å². The lowest BCUT2D eigenvalue weighted by Crippen LogP contribution is -2.23. The number of carbonyl (C=O) groups is 1. The van der Waals surface area contributed by atoms with Gasteiger partial charge in [0.15, 0.2) is 0 Å². The van der Waals surface area contributed by atoms with Crippen molar-refractivity contribution in [2.45, 2.75) is 26.7 Å². The van der Waals surface area contributed by atoms with Gasteiger partial charge in [-0.1, -0.05) is 43.7 Å². The number of carbonyl (C=O) groups excluding carboxylic acids is 1. The highest BCUT2D eigenvalue weighted by Crippen LogP contribution is 2.08. The number of ether oxygens (including phenoxy) is 1. The largest absolute Gasteiger partial charge is 0.463 e. The predicted octanol–water partition coefficient (Wildman–Crippen LogP) is 3.02. The summed E-state index contributed by atoms with van der Waals surface area (Å²) in [5.74, 6) is -0.240. The standard InChI is InChI=1S/C16H23NO2/c1-3-5-11-17-13-15(16(18)19-4-2)12-14-9-7-6-8-10-14/h6-10,12,17H,3-5,11,13H2,1-2H3/b15-12+. The van der Waals surface area contributed by atoms with Gasteiger partial charge in [-0.25, -0.2) is 4.79 Å². The van der Waals surface area contributed by atoms with Crippen molar-refractivity contribution in [3.8, 4) is 0 Å². The maximum Gasteiger partial charge on any atom is 0.335 e. The molecule has 0 bridgehead atoms. The molecule has 0 aromatic heterocycles. The number of hydrogen-bond donors (Lipinski definition) is 1. The number of hydrogen-bond acceptors (Lipinski definition) is 3. The quantitative estimate of drug-likeness (QED) is 0.444. The molecular weight excluding hydrogens is 238 g/mol. The summed E-state index contributed by atoms with van der Waals surface area (Å²) >= 11 is 0. The molecule has 3 nitrogen and oxygen atoms in total. The molecule has 0 spiro atoms. The summed E-state index contributed by atoms with van der Waals surface area (Å²) in [4.78, 5) is 11.9. The molecule has 0 amide bonds. The third kappa shape index (κ3) is 6.20. The van der Waals surface area contributed by atoms with Crippen LogP contribution in [0.25, 0.3) is 6.08 Å². The molecule has 0 radical (unpaired) electrons. The average molecular weight is 261 g/mol. The minimum Gasteiger partial charge on any atom is -0.463 e. The molecule has 0 saturated heterocycles. The highest BCUT2D eigenvalue weighted by molar-refractivity contribution is 5.94. The molecule has 0 fully saturated rings. The number of rotatable bonds is 8. The lowest BCUT2D eigenvalue weighted by Gasteiger charge is -2.08. The van der Waals surface area contributed by atoms with E-state index in [4.69, 9.17) is 4.74 Å². The fraction of sp³-hybridized carbons (Fsp3) is 0.438. The normalized spacial score (nSPS) is 11.4. The van der Waals surface area contributed by atoms with Crippen LogP contribution in [-0.4, -0.2) is 25.7 Å². The fourth-order valence-electron chi connectivity index (χ4n) is 1.68. The Kier molecular flexibility index (Phi) is 7.59. The summed E-state index contributed by atoms with van der Waals surface area (Å²) in [6.07, 6.45) is 4.14. The first-order valence-electron chi connectivity index (χ1n) is 6.91. The Morgan fingerprint density at radius 2 is 2.00 bits per heavy atom. The molecule has 0 aliphatic rings. The van der Waals surface area contributed by atoms with Gasteiger partial charge < -0.3 is 10.1 Å². The van der Waals surface area contributed by atoms with E-state index in [1.807, 2.05) is 43.3 Å². The van der Waals surface area contributed by atoms with Crippen LogP contribution in [0.15, 0.2) is 35.9 Å². The Morgan fingerprint density at radius 1 is 1.26 bits per heavy atom. The first-order chi connectivity index (χ1) is 9.27. The van der Waals surface area contributed by atoms with Crippen molar-refractivity contribution in [3.05, 3.63) is 41.5 Å². The average Bonchev–Trinajstić information content (AvgIpc) is 2.43. The Labute approximate surface area is 115 Å². The second-order valence-corrected chi connectivity index (χ2v) is 4.33. The lowest BCUT2D eigenvalue weighted by molar-refractivity contribution is -0.138. The van der Waals surface area contributed by atoms with Gasteiger partial charge >= 0.3 is 5.97 Å². The zero-order valence-electron chi connectivity index (χ0n) is 11.8. The van der Waals surface area contributed by atoms with Crippen LogP contribution in [0.3, 0.4) is 0 Å². The molecule has 1 N–H and O–H groups in total. The van der Waals surface area contributed by atoms with Crippen molar-refractivity contribution in [3.63, 3.8) is 0 Å². The van der Waals surface area contributed by atoms with E-state index in [2.05, 4.69) is 12.2 Å². The first-order valence-corrected chi connectivity index (χ1v) is 6.91. The maximum atomic E-state index is 11.9. The van der Waals surface area contributed by atoms with Crippen LogP contribution < -0.4 is 5.32 Å². The summed E-state index contributed by atoms with van der Waals surface area (Å²) in [5, 5.41) is 3.28. The number of unbranched alkanes of at least 4 members (excludes halogenated alkanes) is 1. The molecule has 0 aliphatic carbocycles. The summed E-state index contributed by atoms with van der Waals surface area (Å²) in [6, 6.07) is 9.83. The molecule has 0 saturated carbocycles. The van der Waals surface area contributed by atoms with Crippen LogP contribution in [0.4, 0.5) is 0 Å². The summed E-state index contributed by atoms with van der Waals surface area (Å²) < 4.78 is 5.09. The van der Waals surface area contributed by atoms with Gasteiger partial charge in [-0.05, 0) is 31.5 Å². The molecule has 0 aliphatic heterocycles. The second-order valence-electron chi connectivity index (χ2n) is 4.33. The van der Waals surface area contributed by atoms with Crippen LogP contribution in [0.1, 0.15) is 32.3 Å². The van der Waals surface area contributed by atoms with Crippen molar-refractivity contribution < 1.29 is 9.53 Å². The fourth-order valence-corrected chi connectivity index (χ4v) is 1.68. The van der Waals surface area contributed by atoms with Gasteiger partial charge in [-0.2, -0.15) is 0 Å². The van der Waals surface area contributed by atoms with E-state index in [9.17, 15) is 4.79 Å². The van der Waals surface area contributed by atoms with E-state index in [1.54, 1.807) is 0 Å². The molecule has 104 valence electrons. The van der Waals surface area contributed by atoms with E-state index in [-0.39, 0.29) is 5.97 Å². The van der Waals surface area contributed by atoms with Crippen LogP contribution in [0, 0.1) is 0 Å². The van der Waals surface area contributed by atoms with E-state index >= 15 is 0 Å². The monoisotopic (exact) mass is 261 g/mol. The van der Waals surface area contributed by atoms with E-state index in [0.717, 1.165) is 24.9 Å². The number of nitrogens with one attached hydrogen (secondary N) is 1. The lowest BCUT2D eigenvalue weighted by atomic mass is 10.1. The number of esters is 1. The second kappa shape index (κ2) is 9.34. The van der Waals surface area contributed by atoms with E-state index in [0.29, 0.717) is 18.7 Å². The molecule has 0 atom stereocenters. The van der Waals surface area contributed by atoms with Crippen LogP contribution in [-0.2, 0) is 9.53 Å². The van der Waals surface area contributed by atoms with Crippen LogP contribution in [0.5, 0.6) is 0 Å². The van der Waals surface area contributed by atoms with Gasteiger partial charge in [0.1, 0.15) is 0 Å². The van der Waals surface area contributed by atoms with Gasteiger partial charge in [-0.3, -0.25) is 0 Å². The Balaban J connectivity index is 2.68. The SMILES string of the molecule is CCCCNC/C(=C\c1ccccc1)C(=O)OCC. The minimum absolute atomic E-state index is 0.240. The Hall–Kier alpha value is -1.61. The predicted molar refractivity (Wildman–Crippen MR) is 78.8 cm³/mol. The van der Waals surface area contributed by atoms with Gasteiger partial charge in [0.25, 0.3) is 0 Å². The van der Waals surface area contributed by atoms with Crippen molar-refractivity contribution in [1.29, 1.82) is 0 Å². The third-order valence-corrected chi connectivity index (χ3v) is 2.70. The maximum absolute atomic E-state index is 11.9. The smallest absolute Gasteiger partial charge is 0.335 e. The summed E-state index contributed by atoms with van der Waals surface area (Å²) in [5.41, 5.74) is 1.69. The van der Waals surface area contributed by atoms with Crippen molar-refractivity contribution in [2.75, 3.05) is 19.7 Å². The third-order valence-electron chi connectivity index (χ3n) is 2.70. The molecule has 1 rings (SSSR count). The molecule has 3 heteroatoms. The molecule has 19 heavy (non-hydrogen) atoms. The van der Waals surface area contributed by atoms with Crippen molar-refractivity contribution in [2.24, 2.45) is 0 Å². The highest BCUT2D eigenvalue weighted by atomic mass is 16.5. The zero-order chi connectivity index (χ0) is 13.9. The zero-order valence-corrected chi connectivity index (χ0v) is 11.8. The van der Waals surface area contributed by atoms with Crippen LogP contribution in [0.2, 0.25) is 0 Å². The van der Waals surface area contributed by atoms with Crippen molar-refractivity contribution >= 4 is 12.0 Å². The molecule has 0 heterocycles. The first kappa shape index (κ1) is 15.4. The highest BCUT2D eigenvalue weighted by Gasteiger charge is 2.09. The molecular formula is C16H23NO2. The van der Waals surface area contributed by atoms with Gasteiger partial charge in [0.2, 0.25) is 0 Å². The minimum atomic E-state index is -0.240. The van der Waals surface area contributed by atoms with Crippen LogP contribution >= 0.6 is 0 Å².